The Balaban J connectivity index is 2.38. The lowest BCUT2D eigenvalue weighted by molar-refractivity contribution is -0.138. The molecule has 0 aliphatic carbocycles. The lowest BCUT2D eigenvalue weighted by Crippen LogP contribution is -2.38. The number of aliphatic carboxylic acids is 1. The molecule has 2 N–H and O–H groups in total. The van der Waals surface area contributed by atoms with E-state index in [0.717, 1.165) is 0 Å². The first-order chi connectivity index (χ1) is 8.92. The van der Waals surface area contributed by atoms with Crippen LogP contribution in [-0.2, 0) is 14.8 Å². The fourth-order valence-corrected chi connectivity index (χ4v) is 2.96. The topological polar surface area (TPSA) is 102 Å². The van der Waals surface area contributed by atoms with Gasteiger partial charge in [-0.2, -0.15) is 4.72 Å². The monoisotopic (exact) mass is 287 g/mol. The highest BCUT2D eigenvalue weighted by atomic mass is 32.2. The van der Waals surface area contributed by atoms with Crippen LogP contribution in [0.25, 0.3) is 0 Å². The number of hydrogen-bond acceptors (Lipinski definition) is 5. The van der Waals surface area contributed by atoms with Crippen LogP contribution in [0, 0.1) is 0 Å². The summed E-state index contributed by atoms with van der Waals surface area (Å²) in [6.07, 6.45) is 0. The van der Waals surface area contributed by atoms with Gasteiger partial charge in [0.05, 0.1) is 0 Å². The summed E-state index contributed by atoms with van der Waals surface area (Å²) >= 11 is 0. The number of nitrogens with one attached hydrogen (secondary N) is 1. The Morgan fingerprint density at radius 3 is 2.74 bits per heavy atom. The number of carboxylic acids is 1. The van der Waals surface area contributed by atoms with E-state index < -0.39 is 22.0 Å². The van der Waals surface area contributed by atoms with Crippen LogP contribution in [0.4, 0.5) is 0 Å². The van der Waals surface area contributed by atoms with E-state index in [2.05, 4.69) is 4.72 Å². The molecule has 0 saturated heterocycles. The molecule has 8 heteroatoms. The SMILES string of the molecule is C[C@H](NS(=O)(=O)c1cccc2c1OCCO2)C(=O)O. The molecule has 0 saturated carbocycles. The lowest BCUT2D eigenvalue weighted by Gasteiger charge is -2.21. The summed E-state index contributed by atoms with van der Waals surface area (Å²) in [6, 6.07) is 3.21. The summed E-state index contributed by atoms with van der Waals surface area (Å²) in [5.74, 6) is -0.818. The normalized spacial score (nSPS) is 15.8. The van der Waals surface area contributed by atoms with Crippen molar-refractivity contribution in [1.82, 2.24) is 4.72 Å². The first-order valence-corrected chi connectivity index (χ1v) is 7.04. The van der Waals surface area contributed by atoms with E-state index in [-0.39, 0.29) is 17.3 Å². The van der Waals surface area contributed by atoms with Gasteiger partial charge in [-0.25, -0.2) is 8.42 Å². The molecule has 1 aliphatic heterocycles. The van der Waals surface area contributed by atoms with Crippen molar-refractivity contribution in [1.29, 1.82) is 0 Å². The van der Waals surface area contributed by atoms with Crippen molar-refractivity contribution < 1.29 is 27.8 Å². The number of fused-ring (bicyclic) bond motifs is 1. The number of carboxylic acid groups (broad SMARTS) is 1. The largest absolute Gasteiger partial charge is 0.486 e. The van der Waals surface area contributed by atoms with Gasteiger partial charge in [0.15, 0.2) is 11.5 Å². The van der Waals surface area contributed by atoms with Crippen LogP contribution >= 0.6 is 0 Å². The smallest absolute Gasteiger partial charge is 0.321 e. The Morgan fingerprint density at radius 1 is 1.37 bits per heavy atom. The Morgan fingerprint density at radius 2 is 2.05 bits per heavy atom. The van der Waals surface area contributed by atoms with E-state index in [1.165, 1.54) is 19.1 Å². The summed E-state index contributed by atoms with van der Waals surface area (Å²) in [5.41, 5.74) is 0. The molecule has 104 valence electrons. The number of ether oxygens (including phenoxy) is 2. The molecule has 0 unspecified atom stereocenters. The predicted molar refractivity (Wildman–Crippen MR) is 64.9 cm³/mol. The van der Waals surface area contributed by atoms with Crippen LogP contribution in [0.3, 0.4) is 0 Å². The zero-order valence-corrected chi connectivity index (χ0v) is 10.9. The molecule has 0 bridgehead atoms. The van der Waals surface area contributed by atoms with Crippen molar-refractivity contribution in [2.24, 2.45) is 0 Å². The van der Waals surface area contributed by atoms with Gasteiger partial charge in [0, 0.05) is 0 Å². The van der Waals surface area contributed by atoms with Gasteiger partial charge >= 0.3 is 5.97 Å². The van der Waals surface area contributed by atoms with Crippen molar-refractivity contribution in [3.05, 3.63) is 18.2 Å². The number of benzene rings is 1. The minimum Gasteiger partial charge on any atom is -0.486 e. The molecule has 7 nitrogen and oxygen atoms in total. The molecule has 0 spiro atoms. The van der Waals surface area contributed by atoms with Crippen LogP contribution in [0.5, 0.6) is 11.5 Å². The Hall–Kier alpha value is -1.80. The van der Waals surface area contributed by atoms with E-state index >= 15 is 0 Å². The van der Waals surface area contributed by atoms with Gasteiger partial charge in [-0.15, -0.1) is 0 Å². The predicted octanol–water partition coefficient (Wildman–Crippen LogP) is 0.209. The molecule has 1 atom stereocenters. The van der Waals surface area contributed by atoms with Crippen molar-refractivity contribution in [2.75, 3.05) is 13.2 Å². The highest BCUT2D eigenvalue weighted by molar-refractivity contribution is 7.89. The number of para-hydroxylation sites is 1. The third-order valence-corrected chi connectivity index (χ3v) is 4.09. The van der Waals surface area contributed by atoms with Crippen molar-refractivity contribution in [3.8, 4) is 11.5 Å². The van der Waals surface area contributed by atoms with Gasteiger partial charge in [-0.05, 0) is 19.1 Å². The first-order valence-electron chi connectivity index (χ1n) is 5.55. The summed E-state index contributed by atoms with van der Waals surface area (Å²) < 4.78 is 36.8. The zero-order chi connectivity index (χ0) is 14.0. The third-order valence-electron chi connectivity index (χ3n) is 2.52. The first kappa shape index (κ1) is 13.6. The van der Waals surface area contributed by atoms with Crippen molar-refractivity contribution >= 4 is 16.0 Å². The fraction of sp³-hybridized carbons (Fsp3) is 0.364. The van der Waals surface area contributed by atoms with Gasteiger partial charge in [0.25, 0.3) is 0 Å². The molecule has 19 heavy (non-hydrogen) atoms. The molecular formula is C11H13NO6S. The minimum absolute atomic E-state index is 0.110. The molecule has 1 aromatic rings. The van der Waals surface area contributed by atoms with Crippen LogP contribution in [0.1, 0.15) is 6.92 Å². The van der Waals surface area contributed by atoms with Gasteiger partial charge in [0.1, 0.15) is 24.2 Å². The quantitative estimate of drug-likeness (QED) is 0.820. The number of carbonyl (C=O) groups is 1. The van der Waals surface area contributed by atoms with E-state index in [1.54, 1.807) is 6.07 Å². The maximum Gasteiger partial charge on any atom is 0.321 e. The number of sulfonamides is 1. The van der Waals surface area contributed by atoms with E-state index in [1.807, 2.05) is 0 Å². The maximum atomic E-state index is 12.1. The molecule has 0 fully saturated rings. The molecule has 1 aliphatic rings. The van der Waals surface area contributed by atoms with Gasteiger partial charge in [0.2, 0.25) is 10.0 Å². The van der Waals surface area contributed by atoms with Crippen molar-refractivity contribution in [3.63, 3.8) is 0 Å². The number of rotatable bonds is 4. The second-order valence-corrected chi connectivity index (χ2v) is 5.64. The average molecular weight is 287 g/mol. The molecule has 0 aromatic heterocycles. The second kappa shape index (κ2) is 5.06. The van der Waals surface area contributed by atoms with E-state index in [9.17, 15) is 13.2 Å². The highest BCUT2D eigenvalue weighted by Gasteiger charge is 2.28. The third kappa shape index (κ3) is 2.79. The minimum atomic E-state index is -3.98. The second-order valence-electron chi connectivity index (χ2n) is 3.96. The summed E-state index contributed by atoms with van der Waals surface area (Å²) in [5, 5.41) is 8.75. The van der Waals surface area contributed by atoms with Crippen LogP contribution in [0.2, 0.25) is 0 Å². The standard InChI is InChI=1S/C11H13NO6S/c1-7(11(13)14)12-19(15,16)9-4-2-3-8-10(9)18-6-5-17-8/h2-4,7,12H,5-6H2,1H3,(H,13,14)/t7-/m0/s1. The van der Waals surface area contributed by atoms with Crippen LogP contribution in [0.15, 0.2) is 23.1 Å². The van der Waals surface area contributed by atoms with Crippen LogP contribution < -0.4 is 14.2 Å². The molecule has 2 rings (SSSR count). The average Bonchev–Trinajstić information content (AvgIpc) is 2.37. The summed E-state index contributed by atoms with van der Waals surface area (Å²) in [6.45, 7) is 1.83. The van der Waals surface area contributed by atoms with E-state index in [0.29, 0.717) is 12.4 Å². The summed E-state index contributed by atoms with van der Waals surface area (Å²) in [4.78, 5) is 10.6. The van der Waals surface area contributed by atoms with Crippen LogP contribution in [-0.4, -0.2) is 38.7 Å². The van der Waals surface area contributed by atoms with Gasteiger partial charge in [-0.1, -0.05) is 6.07 Å². The van der Waals surface area contributed by atoms with Crippen molar-refractivity contribution in [2.45, 2.75) is 17.9 Å². The molecular weight excluding hydrogens is 274 g/mol. The maximum absolute atomic E-state index is 12.1. The van der Waals surface area contributed by atoms with Gasteiger partial charge < -0.3 is 14.6 Å². The molecule has 1 aromatic carbocycles. The summed E-state index contributed by atoms with van der Waals surface area (Å²) in [7, 11) is -3.98. The van der Waals surface area contributed by atoms with E-state index in [4.69, 9.17) is 14.6 Å². The number of hydrogen-bond donors (Lipinski definition) is 2. The molecule has 0 amide bonds. The Labute approximate surface area is 110 Å². The zero-order valence-electron chi connectivity index (χ0n) is 10.1. The molecule has 1 heterocycles. The molecule has 0 radical (unpaired) electrons. The van der Waals surface area contributed by atoms with Gasteiger partial charge in [-0.3, -0.25) is 4.79 Å². The Bertz CT molecular complexity index is 597. The Kier molecular flexibility index (Phi) is 3.63. The fourth-order valence-electron chi connectivity index (χ4n) is 1.61. The lowest BCUT2D eigenvalue weighted by atomic mass is 10.3. The highest BCUT2D eigenvalue weighted by Crippen LogP contribution is 2.36.